The minimum atomic E-state index is 0. The van der Waals surface area contributed by atoms with E-state index in [4.69, 9.17) is 18.9 Å². The topological polar surface area (TPSA) is 49.0 Å². The number of ether oxygens (including phenoxy) is 4. The van der Waals surface area contributed by atoms with Crippen molar-refractivity contribution in [2.45, 2.75) is 38.1 Å². The SMILES string of the molecule is Br.C=CCOc1ccccc1COCCCOc1ccc(C2CCNCC2OCc2ccc3ccccc3c2)cc1. The van der Waals surface area contributed by atoms with Gasteiger partial charge >= 0.3 is 0 Å². The van der Waals surface area contributed by atoms with Gasteiger partial charge in [0.15, 0.2) is 0 Å². The van der Waals surface area contributed by atoms with Gasteiger partial charge < -0.3 is 24.3 Å². The lowest BCUT2D eigenvalue weighted by Crippen LogP contribution is -2.40. The minimum absolute atomic E-state index is 0. The molecule has 1 aliphatic rings. The summed E-state index contributed by atoms with van der Waals surface area (Å²) in [6, 6.07) is 31.5. The van der Waals surface area contributed by atoms with Gasteiger partial charge in [-0.2, -0.15) is 0 Å². The second-order valence-electron chi connectivity index (χ2n) is 10.2. The molecule has 6 heteroatoms. The number of fused-ring (bicyclic) bond motifs is 1. The van der Waals surface area contributed by atoms with Gasteiger partial charge in [-0.05, 0) is 59.1 Å². The summed E-state index contributed by atoms with van der Waals surface area (Å²) in [5, 5.41) is 6.02. The van der Waals surface area contributed by atoms with Crippen LogP contribution in [0.15, 0.2) is 104 Å². The van der Waals surface area contributed by atoms with Crippen molar-refractivity contribution in [3.05, 3.63) is 120 Å². The third-order valence-electron chi connectivity index (χ3n) is 7.30. The van der Waals surface area contributed by atoms with Crippen LogP contribution < -0.4 is 14.8 Å². The van der Waals surface area contributed by atoms with Gasteiger partial charge in [-0.3, -0.25) is 0 Å². The molecule has 0 amide bonds. The number of rotatable bonds is 14. The summed E-state index contributed by atoms with van der Waals surface area (Å²) >= 11 is 0. The molecule has 2 unspecified atom stereocenters. The van der Waals surface area contributed by atoms with Crippen LogP contribution in [0.1, 0.15) is 35.4 Å². The molecule has 216 valence electrons. The van der Waals surface area contributed by atoms with Gasteiger partial charge in [-0.15, -0.1) is 17.0 Å². The molecule has 0 aromatic heterocycles. The number of benzene rings is 4. The molecule has 4 aromatic carbocycles. The van der Waals surface area contributed by atoms with E-state index >= 15 is 0 Å². The molecule has 0 radical (unpaired) electrons. The van der Waals surface area contributed by atoms with E-state index in [0.29, 0.717) is 39.0 Å². The standard InChI is InChI=1S/C35H39NO4.BrH/c1-2-20-39-34-11-6-5-10-31(34)26-37-21-7-22-38-32-16-14-29(15-17-32)33-18-19-36-24-35(33)40-25-27-12-13-28-8-3-4-9-30(28)23-27;/h2-6,8-17,23,33,35-36H,1,7,18-22,24-26H2;1H. The fourth-order valence-electron chi connectivity index (χ4n) is 5.18. The summed E-state index contributed by atoms with van der Waals surface area (Å²) in [7, 11) is 0. The Balaban J connectivity index is 0.00000387. The van der Waals surface area contributed by atoms with Gasteiger partial charge in [0.05, 0.1) is 32.5 Å². The van der Waals surface area contributed by atoms with Crippen LogP contribution in [0.25, 0.3) is 10.8 Å². The Morgan fingerprint density at radius 1 is 0.829 bits per heavy atom. The average Bonchev–Trinajstić information content (AvgIpc) is 3.01. The molecule has 41 heavy (non-hydrogen) atoms. The summed E-state index contributed by atoms with van der Waals surface area (Å²) in [5.41, 5.74) is 3.55. The highest BCUT2D eigenvalue weighted by atomic mass is 79.9. The lowest BCUT2D eigenvalue weighted by atomic mass is 9.87. The first-order valence-corrected chi connectivity index (χ1v) is 14.2. The number of hydrogen-bond donors (Lipinski definition) is 1. The van der Waals surface area contributed by atoms with Crippen LogP contribution in [-0.4, -0.2) is 39.0 Å². The summed E-state index contributed by atoms with van der Waals surface area (Å²) in [6.45, 7) is 8.42. The van der Waals surface area contributed by atoms with E-state index < -0.39 is 0 Å². The van der Waals surface area contributed by atoms with E-state index in [1.807, 2.05) is 24.3 Å². The molecule has 0 aliphatic carbocycles. The van der Waals surface area contributed by atoms with Gasteiger partial charge in [-0.1, -0.05) is 79.4 Å². The molecule has 1 fully saturated rings. The number of piperidine rings is 1. The Bertz CT molecular complexity index is 1360. The Kier molecular flexibility index (Phi) is 12.3. The largest absolute Gasteiger partial charge is 0.494 e. The number of hydrogen-bond acceptors (Lipinski definition) is 5. The summed E-state index contributed by atoms with van der Waals surface area (Å²) in [5.74, 6) is 2.09. The second-order valence-corrected chi connectivity index (χ2v) is 10.2. The Hall–Kier alpha value is -3.16. The predicted octanol–water partition coefficient (Wildman–Crippen LogP) is 7.63. The van der Waals surface area contributed by atoms with Crippen molar-refractivity contribution < 1.29 is 18.9 Å². The van der Waals surface area contributed by atoms with Gasteiger partial charge in [0, 0.05) is 24.4 Å². The van der Waals surface area contributed by atoms with Crippen molar-refractivity contribution >= 4 is 27.8 Å². The van der Waals surface area contributed by atoms with Gasteiger partial charge in [0.2, 0.25) is 0 Å². The molecule has 1 N–H and O–H groups in total. The summed E-state index contributed by atoms with van der Waals surface area (Å²) in [4.78, 5) is 0. The van der Waals surface area contributed by atoms with Crippen LogP contribution in [0.5, 0.6) is 11.5 Å². The average molecular weight is 619 g/mol. The normalized spacial score (nSPS) is 16.6. The molecule has 4 aromatic rings. The molecule has 1 aliphatic heterocycles. The van der Waals surface area contributed by atoms with Gasteiger partial charge in [0.1, 0.15) is 18.1 Å². The fourth-order valence-corrected chi connectivity index (χ4v) is 5.18. The smallest absolute Gasteiger partial charge is 0.125 e. The molecular formula is C35H40BrNO4. The number of halogens is 1. The van der Waals surface area contributed by atoms with E-state index in [1.54, 1.807) is 6.08 Å². The third kappa shape index (κ3) is 8.91. The monoisotopic (exact) mass is 617 g/mol. The van der Waals surface area contributed by atoms with Crippen molar-refractivity contribution in [2.24, 2.45) is 0 Å². The summed E-state index contributed by atoms with van der Waals surface area (Å²) in [6.07, 6.45) is 3.75. The van der Waals surface area contributed by atoms with Crippen molar-refractivity contribution in [1.29, 1.82) is 0 Å². The van der Waals surface area contributed by atoms with E-state index in [-0.39, 0.29) is 23.1 Å². The van der Waals surface area contributed by atoms with Crippen molar-refractivity contribution in [3.8, 4) is 11.5 Å². The lowest BCUT2D eigenvalue weighted by Gasteiger charge is -2.32. The van der Waals surface area contributed by atoms with Crippen molar-refractivity contribution in [1.82, 2.24) is 5.32 Å². The predicted molar refractivity (Wildman–Crippen MR) is 171 cm³/mol. The number of para-hydroxylation sites is 1. The molecule has 0 saturated carbocycles. The maximum atomic E-state index is 6.46. The summed E-state index contributed by atoms with van der Waals surface area (Å²) < 4.78 is 24.0. The minimum Gasteiger partial charge on any atom is -0.494 e. The fraction of sp³-hybridized carbons (Fsp3) is 0.314. The van der Waals surface area contributed by atoms with Crippen molar-refractivity contribution in [2.75, 3.05) is 32.9 Å². The van der Waals surface area contributed by atoms with Crippen LogP contribution in [0.4, 0.5) is 0 Å². The Labute approximate surface area is 254 Å². The zero-order chi connectivity index (χ0) is 27.4. The molecule has 0 bridgehead atoms. The molecular weight excluding hydrogens is 578 g/mol. The first-order chi connectivity index (χ1) is 19.8. The molecule has 1 heterocycles. The van der Waals surface area contributed by atoms with Gasteiger partial charge in [-0.25, -0.2) is 0 Å². The first-order valence-electron chi connectivity index (χ1n) is 14.2. The number of nitrogens with one attached hydrogen (secondary N) is 1. The quantitative estimate of drug-likeness (QED) is 0.116. The maximum Gasteiger partial charge on any atom is 0.125 e. The zero-order valence-corrected chi connectivity index (χ0v) is 25.2. The maximum absolute atomic E-state index is 6.46. The van der Waals surface area contributed by atoms with E-state index in [1.165, 1.54) is 21.9 Å². The molecule has 2 atom stereocenters. The van der Waals surface area contributed by atoms with Crippen LogP contribution in [0.2, 0.25) is 0 Å². The highest BCUT2D eigenvalue weighted by molar-refractivity contribution is 8.93. The van der Waals surface area contributed by atoms with E-state index in [2.05, 4.69) is 78.6 Å². The van der Waals surface area contributed by atoms with E-state index in [9.17, 15) is 0 Å². The second kappa shape index (κ2) is 16.3. The van der Waals surface area contributed by atoms with E-state index in [0.717, 1.165) is 43.0 Å². The lowest BCUT2D eigenvalue weighted by molar-refractivity contribution is 0.0106. The molecule has 1 saturated heterocycles. The van der Waals surface area contributed by atoms with Crippen LogP contribution in [0, 0.1) is 0 Å². The van der Waals surface area contributed by atoms with Crippen molar-refractivity contribution in [3.63, 3.8) is 0 Å². The Morgan fingerprint density at radius 2 is 1.63 bits per heavy atom. The highest BCUT2D eigenvalue weighted by Crippen LogP contribution is 2.30. The molecule has 5 nitrogen and oxygen atoms in total. The van der Waals surface area contributed by atoms with Crippen LogP contribution >= 0.6 is 17.0 Å². The van der Waals surface area contributed by atoms with Crippen LogP contribution in [0.3, 0.4) is 0 Å². The van der Waals surface area contributed by atoms with Gasteiger partial charge in [0.25, 0.3) is 0 Å². The molecule has 5 rings (SSSR count). The first kappa shape index (κ1) is 30.8. The highest BCUT2D eigenvalue weighted by Gasteiger charge is 2.27. The van der Waals surface area contributed by atoms with Crippen LogP contribution in [-0.2, 0) is 22.7 Å². The zero-order valence-electron chi connectivity index (χ0n) is 23.5. The molecule has 0 spiro atoms. The third-order valence-corrected chi connectivity index (χ3v) is 7.30. The Morgan fingerprint density at radius 3 is 2.49 bits per heavy atom.